The van der Waals surface area contributed by atoms with Gasteiger partial charge in [0.05, 0.1) is 12.4 Å². The molecule has 2 rings (SSSR count). The molecule has 2 unspecified atom stereocenters. The van der Waals surface area contributed by atoms with Gasteiger partial charge in [0.15, 0.2) is 5.69 Å². The van der Waals surface area contributed by atoms with E-state index >= 15 is 0 Å². The van der Waals surface area contributed by atoms with Gasteiger partial charge in [0.25, 0.3) is 0 Å². The second-order valence-electron chi connectivity index (χ2n) is 6.00. The molecule has 0 spiro atoms. The molecule has 0 aromatic carbocycles. The Hall–Kier alpha value is -1.63. The van der Waals surface area contributed by atoms with Crippen molar-refractivity contribution in [3.05, 3.63) is 18.1 Å². The van der Waals surface area contributed by atoms with Gasteiger partial charge >= 0.3 is 0 Å². The molecule has 1 saturated carbocycles. The predicted octanol–water partition coefficient (Wildman–Crippen LogP) is 2.94. The van der Waals surface area contributed by atoms with E-state index in [0.717, 1.165) is 12.8 Å². The van der Waals surface area contributed by atoms with E-state index in [2.05, 4.69) is 30.7 Å². The third-order valence-electron chi connectivity index (χ3n) is 3.38. The highest BCUT2D eigenvalue weighted by Gasteiger charge is 2.33. The number of aromatic nitrogens is 2. The molecule has 0 N–H and O–H groups in total. The quantitative estimate of drug-likeness (QED) is 0.803. The maximum atomic E-state index is 8.66. The van der Waals surface area contributed by atoms with Crippen LogP contribution in [-0.4, -0.2) is 16.1 Å². The van der Waals surface area contributed by atoms with Crippen molar-refractivity contribution in [3.8, 4) is 11.9 Å². The zero-order valence-electron chi connectivity index (χ0n) is 11.2. The van der Waals surface area contributed by atoms with Crippen LogP contribution in [-0.2, 0) is 0 Å². The Morgan fingerprint density at radius 2 is 2.11 bits per heavy atom. The van der Waals surface area contributed by atoms with Crippen molar-refractivity contribution in [2.24, 2.45) is 11.3 Å². The maximum Gasteiger partial charge on any atom is 0.232 e. The van der Waals surface area contributed by atoms with Gasteiger partial charge in [0, 0.05) is 0 Å². The molecule has 0 radical (unpaired) electrons. The lowest BCUT2D eigenvalue weighted by molar-refractivity contribution is 0.0529. The van der Waals surface area contributed by atoms with Crippen LogP contribution in [0.3, 0.4) is 0 Å². The summed E-state index contributed by atoms with van der Waals surface area (Å²) in [6.07, 6.45) is 6.53. The normalized spacial score (nSPS) is 26.3. The number of hydrogen-bond donors (Lipinski definition) is 0. The topological polar surface area (TPSA) is 58.8 Å². The highest BCUT2D eigenvalue weighted by Crippen LogP contribution is 2.39. The molecule has 0 amide bonds. The predicted molar refractivity (Wildman–Crippen MR) is 68.0 cm³/mol. The van der Waals surface area contributed by atoms with E-state index in [9.17, 15) is 0 Å². The molecular formula is C14H19N3O. The smallest absolute Gasteiger partial charge is 0.232 e. The van der Waals surface area contributed by atoms with Crippen LogP contribution in [0.5, 0.6) is 5.88 Å². The van der Waals surface area contributed by atoms with E-state index in [-0.39, 0.29) is 6.10 Å². The average Bonchev–Trinajstić information content (AvgIpc) is 2.27. The average molecular weight is 245 g/mol. The molecule has 0 saturated heterocycles. The standard InChI is InChI=1S/C14H19N3O/c1-10-4-12(6-14(2,3)5-10)18-13-9-16-11(7-15)8-17-13/h8-10,12H,4-6H2,1-3H3. The fraction of sp³-hybridized carbons (Fsp3) is 0.643. The molecule has 96 valence electrons. The van der Waals surface area contributed by atoms with Crippen molar-refractivity contribution in [1.82, 2.24) is 9.97 Å². The molecule has 4 heteroatoms. The molecule has 1 fully saturated rings. The molecular weight excluding hydrogens is 226 g/mol. The summed E-state index contributed by atoms with van der Waals surface area (Å²) in [4.78, 5) is 8.08. The molecule has 18 heavy (non-hydrogen) atoms. The highest BCUT2D eigenvalue weighted by atomic mass is 16.5. The first-order valence-corrected chi connectivity index (χ1v) is 6.37. The van der Waals surface area contributed by atoms with Gasteiger partial charge in [-0.05, 0) is 30.6 Å². The monoisotopic (exact) mass is 245 g/mol. The summed E-state index contributed by atoms with van der Waals surface area (Å²) < 4.78 is 5.88. The van der Waals surface area contributed by atoms with E-state index in [4.69, 9.17) is 10.00 Å². The van der Waals surface area contributed by atoms with Crippen LogP contribution in [0.2, 0.25) is 0 Å². The van der Waals surface area contributed by atoms with Crippen LogP contribution in [0.25, 0.3) is 0 Å². The summed E-state index contributed by atoms with van der Waals surface area (Å²) in [7, 11) is 0. The number of rotatable bonds is 2. The molecule has 0 aliphatic heterocycles. The summed E-state index contributed by atoms with van der Waals surface area (Å²) in [6, 6.07) is 1.95. The molecule has 2 atom stereocenters. The van der Waals surface area contributed by atoms with E-state index in [1.165, 1.54) is 18.8 Å². The Bertz CT molecular complexity index is 447. The lowest BCUT2D eigenvalue weighted by Gasteiger charge is -2.38. The number of hydrogen-bond acceptors (Lipinski definition) is 4. The van der Waals surface area contributed by atoms with E-state index in [0.29, 0.717) is 22.9 Å². The first kappa shape index (κ1) is 12.8. The fourth-order valence-electron chi connectivity index (χ4n) is 2.95. The Kier molecular flexibility index (Phi) is 3.51. The molecule has 1 aliphatic carbocycles. The number of nitriles is 1. The largest absolute Gasteiger partial charge is 0.473 e. The van der Waals surface area contributed by atoms with Crippen LogP contribution in [0.4, 0.5) is 0 Å². The fourth-order valence-corrected chi connectivity index (χ4v) is 2.95. The van der Waals surface area contributed by atoms with E-state index in [1.54, 1.807) is 0 Å². The van der Waals surface area contributed by atoms with Crippen LogP contribution < -0.4 is 4.74 Å². The first-order valence-electron chi connectivity index (χ1n) is 6.37. The third-order valence-corrected chi connectivity index (χ3v) is 3.38. The Labute approximate surface area is 108 Å². The van der Waals surface area contributed by atoms with Crippen molar-refractivity contribution < 1.29 is 4.74 Å². The summed E-state index contributed by atoms with van der Waals surface area (Å²) >= 11 is 0. The van der Waals surface area contributed by atoms with Crippen LogP contribution >= 0.6 is 0 Å². The van der Waals surface area contributed by atoms with Crippen molar-refractivity contribution in [3.63, 3.8) is 0 Å². The lowest BCUT2D eigenvalue weighted by Crippen LogP contribution is -2.34. The van der Waals surface area contributed by atoms with Gasteiger partial charge in [0.2, 0.25) is 5.88 Å². The minimum atomic E-state index is 0.200. The third kappa shape index (κ3) is 3.19. The van der Waals surface area contributed by atoms with E-state index < -0.39 is 0 Å². The van der Waals surface area contributed by atoms with Crippen LogP contribution in [0, 0.1) is 22.7 Å². The minimum Gasteiger partial charge on any atom is -0.473 e. The number of ether oxygens (including phenoxy) is 1. The van der Waals surface area contributed by atoms with Crippen molar-refractivity contribution in [2.45, 2.75) is 46.1 Å². The van der Waals surface area contributed by atoms with Crippen molar-refractivity contribution >= 4 is 0 Å². The van der Waals surface area contributed by atoms with Gasteiger partial charge in [-0.2, -0.15) is 5.26 Å². The molecule has 0 bridgehead atoms. The van der Waals surface area contributed by atoms with Gasteiger partial charge in [-0.1, -0.05) is 20.8 Å². The second kappa shape index (κ2) is 4.93. The Morgan fingerprint density at radius 1 is 1.33 bits per heavy atom. The van der Waals surface area contributed by atoms with Crippen molar-refractivity contribution in [2.75, 3.05) is 0 Å². The molecule has 1 heterocycles. The van der Waals surface area contributed by atoms with Gasteiger partial charge < -0.3 is 4.74 Å². The molecule has 1 aliphatic rings. The van der Waals surface area contributed by atoms with Crippen LogP contribution in [0.1, 0.15) is 45.7 Å². The summed E-state index contributed by atoms with van der Waals surface area (Å²) in [5.74, 6) is 1.19. The summed E-state index contributed by atoms with van der Waals surface area (Å²) in [6.45, 7) is 6.83. The Morgan fingerprint density at radius 3 is 2.67 bits per heavy atom. The van der Waals surface area contributed by atoms with E-state index in [1.807, 2.05) is 6.07 Å². The second-order valence-corrected chi connectivity index (χ2v) is 6.00. The highest BCUT2D eigenvalue weighted by molar-refractivity contribution is 5.18. The van der Waals surface area contributed by atoms with Gasteiger partial charge in [0.1, 0.15) is 12.2 Å². The molecule has 4 nitrogen and oxygen atoms in total. The summed E-state index contributed by atoms with van der Waals surface area (Å²) in [5, 5.41) is 8.66. The molecule has 1 aromatic heterocycles. The first-order chi connectivity index (χ1) is 8.48. The van der Waals surface area contributed by atoms with Crippen LogP contribution in [0.15, 0.2) is 12.4 Å². The summed E-state index contributed by atoms with van der Waals surface area (Å²) in [5.41, 5.74) is 0.641. The Balaban J connectivity index is 2.02. The minimum absolute atomic E-state index is 0.200. The zero-order valence-corrected chi connectivity index (χ0v) is 11.2. The lowest BCUT2D eigenvalue weighted by atomic mass is 9.71. The number of nitrogens with zero attached hydrogens (tertiary/aromatic N) is 3. The molecule has 1 aromatic rings. The SMILES string of the molecule is CC1CC(Oc2cnc(C#N)cn2)CC(C)(C)C1. The van der Waals surface area contributed by atoms with Gasteiger partial charge in [-0.15, -0.1) is 0 Å². The van der Waals surface area contributed by atoms with Gasteiger partial charge in [-0.3, -0.25) is 0 Å². The maximum absolute atomic E-state index is 8.66. The zero-order chi connectivity index (χ0) is 13.2. The van der Waals surface area contributed by atoms with Crippen molar-refractivity contribution in [1.29, 1.82) is 5.26 Å². The van der Waals surface area contributed by atoms with Gasteiger partial charge in [-0.25, -0.2) is 9.97 Å².